The van der Waals surface area contributed by atoms with E-state index in [4.69, 9.17) is 16.9 Å². The third kappa shape index (κ3) is 5.88. The summed E-state index contributed by atoms with van der Waals surface area (Å²) < 4.78 is 1.29. The number of aromatic nitrogens is 2. The Kier molecular flexibility index (Phi) is 6.97. The van der Waals surface area contributed by atoms with Crippen LogP contribution >= 0.6 is 0 Å². The molecular formula is C23H27N7O3. The van der Waals surface area contributed by atoms with Crippen molar-refractivity contribution < 1.29 is 9.90 Å². The van der Waals surface area contributed by atoms with Gasteiger partial charge in [0.1, 0.15) is 18.1 Å². The zero-order chi connectivity index (χ0) is 24.1. The fraction of sp³-hybridized carbons (Fsp3) is 0.217. The Morgan fingerprint density at radius 1 is 1.21 bits per heavy atom. The van der Waals surface area contributed by atoms with Gasteiger partial charge in [-0.3, -0.25) is 19.6 Å². The molecule has 0 spiro atoms. The van der Waals surface area contributed by atoms with Crippen molar-refractivity contribution in [3.63, 3.8) is 0 Å². The summed E-state index contributed by atoms with van der Waals surface area (Å²) in [6.45, 7) is 3.73. The highest BCUT2D eigenvalue weighted by Crippen LogP contribution is 2.26. The van der Waals surface area contributed by atoms with Crippen molar-refractivity contribution in [2.24, 2.45) is 5.73 Å². The SMILES string of the molecule is CC(C)Nc1ncc(-c2cc(N)cc(O)c2)n(CC(=O)NCc2ccc(C(=N)N)cc2)c1=O. The maximum atomic E-state index is 13.1. The highest BCUT2D eigenvalue weighted by molar-refractivity contribution is 5.94. The van der Waals surface area contributed by atoms with E-state index in [1.54, 1.807) is 30.3 Å². The number of carbonyl (C=O) groups excluding carboxylic acids is 1. The van der Waals surface area contributed by atoms with Gasteiger partial charge in [-0.1, -0.05) is 24.3 Å². The van der Waals surface area contributed by atoms with E-state index in [1.807, 2.05) is 13.8 Å². The maximum absolute atomic E-state index is 13.1. The lowest BCUT2D eigenvalue weighted by Crippen LogP contribution is -2.35. The first-order valence-electron chi connectivity index (χ1n) is 10.3. The first-order chi connectivity index (χ1) is 15.6. The molecule has 33 heavy (non-hydrogen) atoms. The van der Waals surface area contributed by atoms with Crippen LogP contribution in [0.15, 0.2) is 53.5 Å². The van der Waals surface area contributed by atoms with Gasteiger partial charge in [-0.15, -0.1) is 0 Å². The zero-order valence-corrected chi connectivity index (χ0v) is 18.4. The third-order valence-corrected chi connectivity index (χ3v) is 4.77. The number of nitrogens with one attached hydrogen (secondary N) is 3. The van der Waals surface area contributed by atoms with Crippen molar-refractivity contribution >= 4 is 23.2 Å². The van der Waals surface area contributed by atoms with Gasteiger partial charge in [-0.2, -0.15) is 0 Å². The van der Waals surface area contributed by atoms with Crippen molar-refractivity contribution in [1.82, 2.24) is 14.9 Å². The quantitative estimate of drug-likeness (QED) is 0.172. The van der Waals surface area contributed by atoms with Gasteiger partial charge in [0.2, 0.25) is 5.91 Å². The molecule has 10 heteroatoms. The monoisotopic (exact) mass is 449 g/mol. The zero-order valence-electron chi connectivity index (χ0n) is 18.4. The van der Waals surface area contributed by atoms with Crippen LogP contribution in [-0.2, 0) is 17.9 Å². The number of amides is 1. The number of amidine groups is 1. The summed E-state index contributed by atoms with van der Waals surface area (Å²) >= 11 is 0. The van der Waals surface area contributed by atoms with Gasteiger partial charge in [0, 0.05) is 35.5 Å². The molecule has 1 amide bonds. The molecule has 0 saturated carbocycles. The van der Waals surface area contributed by atoms with Crippen LogP contribution in [-0.4, -0.2) is 32.4 Å². The third-order valence-electron chi connectivity index (χ3n) is 4.77. The Bertz CT molecular complexity index is 1210. The van der Waals surface area contributed by atoms with Gasteiger partial charge in [-0.25, -0.2) is 4.98 Å². The molecule has 3 rings (SSSR count). The molecule has 0 saturated heterocycles. The highest BCUT2D eigenvalue weighted by atomic mass is 16.3. The minimum Gasteiger partial charge on any atom is -0.508 e. The van der Waals surface area contributed by atoms with E-state index in [2.05, 4.69) is 15.6 Å². The van der Waals surface area contributed by atoms with E-state index >= 15 is 0 Å². The smallest absolute Gasteiger partial charge is 0.294 e. The number of carbonyl (C=O) groups is 1. The number of aromatic hydroxyl groups is 1. The van der Waals surface area contributed by atoms with Gasteiger partial charge in [-0.05, 0) is 31.5 Å². The summed E-state index contributed by atoms with van der Waals surface area (Å²) in [7, 11) is 0. The van der Waals surface area contributed by atoms with Crippen molar-refractivity contribution in [2.45, 2.75) is 33.0 Å². The van der Waals surface area contributed by atoms with Crippen molar-refractivity contribution in [3.8, 4) is 17.0 Å². The lowest BCUT2D eigenvalue weighted by Gasteiger charge is -2.16. The summed E-state index contributed by atoms with van der Waals surface area (Å²) in [6.07, 6.45) is 1.47. The van der Waals surface area contributed by atoms with E-state index in [0.29, 0.717) is 22.5 Å². The second-order valence-electron chi connectivity index (χ2n) is 7.88. The van der Waals surface area contributed by atoms with Gasteiger partial charge in [0.15, 0.2) is 5.82 Å². The molecule has 2 aromatic carbocycles. The molecule has 8 N–H and O–H groups in total. The summed E-state index contributed by atoms with van der Waals surface area (Å²) in [5.74, 6) is -0.362. The number of hydrogen-bond acceptors (Lipinski definition) is 7. The second kappa shape index (κ2) is 9.86. The Hall–Kier alpha value is -4.34. The first kappa shape index (κ1) is 23.3. The molecule has 1 aromatic heterocycles. The molecule has 10 nitrogen and oxygen atoms in total. The van der Waals surface area contributed by atoms with E-state index in [9.17, 15) is 14.7 Å². The predicted molar refractivity (Wildman–Crippen MR) is 128 cm³/mol. The molecule has 0 aliphatic heterocycles. The van der Waals surface area contributed by atoms with Crippen LogP contribution < -0.4 is 27.7 Å². The van der Waals surface area contributed by atoms with Gasteiger partial charge in [0.05, 0.1) is 11.9 Å². The predicted octanol–water partition coefficient (Wildman–Crippen LogP) is 1.62. The standard InChI is InChI=1S/C23H27N7O3/c1-13(2)29-22-23(33)30(19(11-28-22)16-7-17(24)9-18(31)8-16)12-20(32)27-10-14-3-5-15(6-4-14)21(25)26/h3-9,11,13,31H,10,12,24H2,1-2H3,(H3,25,26)(H,27,32)(H,28,29). The molecule has 0 radical (unpaired) electrons. The van der Waals surface area contributed by atoms with Crippen LogP contribution in [0.5, 0.6) is 5.75 Å². The molecule has 0 fully saturated rings. The molecule has 3 aromatic rings. The number of phenolic OH excluding ortho intramolecular Hbond substituents is 1. The van der Waals surface area contributed by atoms with Crippen LogP contribution in [0.4, 0.5) is 11.5 Å². The van der Waals surface area contributed by atoms with Gasteiger partial charge in [0.25, 0.3) is 5.56 Å². The number of nitrogens with zero attached hydrogens (tertiary/aromatic N) is 2. The van der Waals surface area contributed by atoms with Gasteiger partial charge >= 0.3 is 0 Å². The Balaban J connectivity index is 1.88. The maximum Gasteiger partial charge on any atom is 0.294 e. The highest BCUT2D eigenvalue weighted by Gasteiger charge is 2.16. The molecular weight excluding hydrogens is 422 g/mol. The van der Waals surface area contributed by atoms with Crippen molar-refractivity contribution in [2.75, 3.05) is 11.1 Å². The number of rotatable bonds is 8. The number of nitrogen functional groups attached to an aromatic ring is 2. The van der Waals surface area contributed by atoms with Crippen molar-refractivity contribution in [1.29, 1.82) is 5.41 Å². The normalized spacial score (nSPS) is 10.8. The lowest BCUT2D eigenvalue weighted by molar-refractivity contribution is -0.121. The average molecular weight is 450 g/mol. The van der Waals surface area contributed by atoms with E-state index in [0.717, 1.165) is 5.56 Å². The summed E-state index contributed by atoms with van der Waals surface area (Å²) in [5, 5.41) is 23.1. The van der Waals surface area contributed by atoms with Crippen LogP contribution in [0.2, 0.25) is 0 Å². The molecule has 0 atom stereocenters. The fourth-order valence-corrected chi connectivity index (χ4v) is 3.23. The van der Waals surface area contributed by atoms with Crippen LogP contribution in [0.1, 0.15) is 25.0 Å². The van der Waals surface area contributed by atoms with E-state index in [-0.39, 0.29) is 42.4 Å². The summed E-state index contributed by atoms with van der Waals surface area (Å²) in [5.41, 5.74) is 13.4. The first-order valence-corrected chi connectivity index (χ1v) is 10.3. The Labute approximate surface area is 190 Å². The van der Waals surface area contributed by atoms with E-state index in [1.165, 1.54) is 22.9 Å². The van der Waals surface area contributed by atoms with Crippen molar-refractivity contribution in [3.05, 3.63) is 70.1 Å². The van der Waals surface area contributed by atoms with Crippen LogP contribution in [0.25, 0.3) is 11.3 Å². The van der Waals surface area contributed by atoms with Crippen LogP contribution in [0, 0.1) is 5.41 Å². The Morgan fingerprint density at radius 2 is 1.91 bits per heavy atom. The minimum atomic E-state index is -0.468. The topological polar surface area (TPSA) is 172 Å². The number of anilines is 2. The second-order valence-corrected chi connectivity index (χ2v) is 7.88. The minimum absolute atomic E-state index is 0.0337. The molecule has 0 bridgehead atoms. The number of phenols is 1. The molecule has 172 valence electrons. The number of hydrogen-bond donors (Lipinski definition) is 6. The lowest BCUT2D eigenvalue weighted by atomic mass is 10.1. The molecule has 0 aliphatic carbocycles. The molecule has 0 aliphatic rings. The number of benzene rings is 2. The van der Waals surface area contributed by atoms with E-state index < -0.39 is 5.56 Å². The fourth-order valence-electron chi connectivity index (χ4n) is 3.23. The summed E-state index contributed by atoms with van der Waals surface area (Å²) in [6, 6.07) is 11.3. The van der Waals surface area contributed by atoms with Crippen LogP contribution in [0.3, 0.4) is 0 Å². The Morgan fingerprint density at radius 3 is 2.52 bits per heavy atom. The largest absolute Gasteiger partial charge is 0.508 e. The van der Waals surface area contributed by atoms with Gasteiger partial charge < -0.3 is 27.2 Å². The summed E-state index contributed by atoms with van der Waals surface area (Å²) in [4.78, 5) is 30.0. The molecule has 0 unspecified atom stereocenters. The molecule has 1 heterocycles. The average Bonchev–Trinajstić information content (AvgIpc) is 2.74. The number of nitrogens with two attached hydrogens (primary N) is 2.